The van der Waals surface area contributed by atoms with Crippen LogP contribution < -0.4 is 19.9 Å². The van der Waals surface area contributed by atoms with Crippen LogP contribution in [0, 0.1) is 0 Å². The van der Waals surface area contributed by atoms with Crippen molar-refractivity contribution in [2.24, 2.45) is 0 Å². The molecule has 0 saturated carbocycles. The van der Waals surface area contributed by atoms with Crippen molar-refractivity contribution in [1.82, 2.24) is 0 Å². The molecule has 1 aliphatic heterocycles. The first kappa shape index (κ1) is 19.7. The standard InChI is InChI=1S/C21H26ClN3O2/c1-16(21(26)23-19-5-3-4-18(22)14-19)25-12-10-24(11-13-25)15-17-6-8-20(27-2)9-7-17/h3-9,14,16H,10-13,15H2,1-2H3,(H,23,26)/p+2/t16-/m0/s1. The maximum atomic E-state index is 12.6. The van der Waals surface area contributed by atoms with Gasteiger partial charge >= 0.3 is 0 Å². The molecule has 0 radical (unpaired) electrons. The molecule has 144 valence electrons. The van der Waals surface area contributed by atoms with Crippen LogP contribution in [-0.2, 0) is 11.3 Å². The van der Waals surface area contributed by atoms with Gasteiger partial charge in [0.05, 0.1) is 7.11 Å². The van der Waals surface area contributed by atoms with Crippen molar-refractivity contribution in [1.29, 1.82) is 0 Å². The summed E-state index contributed by atoms with van der Waals surface area (Å²) in [5.74, 6) is 0.938. The lowest BCUT2D eigenvalue weighted by Crippen LogP contribution is -3.29. The van der Waals surface area contributed by atoms with Crippen molar-refractivity contribution in [2.75, 3.05) is 38.6 Å². The number of anilines is 1. The number of piperazine rings is 1. The highest BCUT2D eigenvalue weighted by Crippen LogP contribution is 2.14. The fourth-order valence-electron chi connectivity index (χ4n) is 3.57. The predicted octanol–water partition coefficient (Wildman–Crippen LogP) is 0.659. The van der Waals surface area contributed by atoms with E-state index in [0.717, 1.165) is 44.2 Å². The van der Waals surface area contributed by atoms with E-state index in [1.54, 1.807) is 24.1 Å². The molecule has 0 aliphatic carbocycles. The summed E-state index contributed by atoms with van der Waals surface area (Å²) in [6.07, 6.45) is 0. The highest BCUT2D eigenvalue weighted by molar-refractivity contribution is 6.30. The zero-order valence-corrected chi connectivity index (χ0v) is 16.7. The lowest BCUT2D eigenvalue weighted by atomic mass is 10.1. The van der Waals surface area contributed by atoms with E-state index in [0.29, 0.717) is 5.02 Å². The molecule has 3 rings (SSSR count). The number of carbonyl (C=O) groups is 1. The largest absolute Gasteiger partial charge is 0.497 e. The molecule has 0 spiro atoms. The van der Waals surface area contributed by atoms with Gasteiger partial charge in [0.2, 0.25) is 0 Å². The molecule has 0 bridgehead atoms. The number of amides is 1. The third-order valence-electron chi connectivity index (χ3n) is 5.31. The lowest BCUT2D eigenvalue weighted by Gasteiger charge is -2.32. The van der Waals surface area contributed by atoms with E-state index in [4.69, 9.17) is 16.3 Å². The number of hydrogen-bond acceptors (Lipinski definition) is 2. The molecular weight excluding hydrogens is 362 g/mol. The van der Waals surface area contributed by atoms with Crippen LogP contribution in [0.2, 0.25) is 5.02 Å². The van der Waals surface area contributed by atoms with E-state index in [1.165, 1.54) is 10.5 Å². The van der Waals surface area contributed by atoms with Crippen LogP contribution in [0.25, 0.3) is 0 Å². The number of halogens is 1. The molecule has 0 aromatic heterocycles. The van der Waals surface area contributed by atoms with Gasteiger partial charge in [-0.2, -0.15) is 0 Å². The van der Waals surface area contributed by atoms with Gasteiger partial charge in [0, 0.05) is 16.3 Å². The Labute approximate surface area is 165 Å². The molecule has 5 nitrogen and oxygen atoms in total. The van der Waals surface area contributed by atoms with Crippen molar-refractivity contribution in [3.8, 4) is 5.75 Å². The normalized spacial score (nSPS) is 20.7. The molecular formula is C21H28ClN3O2+2. The predicted molar refractivity (Wildman–Crippen MR) is 108 cm³/mol. The molecule has 1 atom stereocenters. The summed E-state index contributed by atoms with van der Waals surface area (Å²) in [7, 11) is 1.69. The summed E-state index contributed by atoms with van der Waals surface area (Å²) in [4.78, 5) is 15.5. The summed E-state index contributed by atoms with van der Waals surface area (Å²) < 4.78 is 5.22. The zero-order valence-electron chi connectivity index (χ0n) is 15.9. The molecule has 1 fully saturated rings. The van der Waals surface area contributed by atoms with Crippen LogP contribution in [0.1, 0.15) is 12.5 Å². The molecule has 1 heterocycles. The number of rotatable bonds is 6. The Morgan fingerprint density at radius 1 is 1.15 bits per heavy atom. The van der Waals surface area contributed by atoms with Gasteiger partial charge < -0.3 is 19.9 Å². The van der Waals surface area contributed by atoms with E-state index in [1.807, 2.05) is 31.2 Å². The Hall–Kier alpha value is -2.08. The Morgan fingerprint density at radius 2 is 1.85 bits per heavy atom. The number of methoxy groups -OCH3 is 1. The maximum absolute atomic E-state index is 12.6. The first-order valence-corrected chi connectivity index (χ1v) is 9.80. The van der Waals surface area contributed by atoms with Gasteiger partial charge in [-0.15, -0.1) is 0 Å². The number of ether oxygens (including phenoxy) is 1. The fourth-order valence-corrected chi connectivity index (χ4v) is 3.76. The number of benzene rings is 2. The molecule has 0 unspecified atom stereocenters. The van der Waals surface area contributed by atoms with Crippen LogP contribution >= 0.6 is 11.6 Å². The second kappa shape index (κ2) is 9.22. The molecule has 1 saturated heterocycles. The summed E-state index contributed by atoms with van der Waals surface area (Å²) in [6, 6.07) is 15.5. The van der Waals surface area contributed by atoms with Gasteiger partial charge in [0.25, 0.3) is 5.91 Å². The number of hydrogen-bond donors (Lipinski definition) is 3. The van der Waals surface area contributed by atoms with Gasteiger partial charge in [-0.25, -0.2) is 0 Å². The Bertz CT molecular complexity index is 758. The van der Waals surface area contributed by atoms with E-state index in [9.17, 15) is 4.79 Å². The minimum atomic E-state index is -0.0773. The van der Waals surface area contributed by atoms with Gasteiger partial charge in [0.15, 0.2) is 6.04 Å². The van der Waals surface area contributed by atoms with Crippen LogP contribution in [0.4, 0.5) is 5.69 Å². The highest BCUT2D eigenvalue weighted by Gasteiger charge is 2.31. The van der Waals surface area contributed by atoms with E-state index >= 15 is 0 Å². The van der Waals surface area contributed by atoms with Crippen LogP contribution in [0.5, 0.6) is 5.75 Å². The average molecular weight is 390 g/mol. The summed E-state index contributed by atoms with van der Waals surface area (Å²) >= 11 is 5.99. The molecule has 1 aliphatic rings. The maximum Gasteiger partial charge on any atom is 0.282 e. The van der Waals surface area contributed by atoms with Crippen molar-refractivity contribution < 1.29 is 19.3 Å². The van der Waals surface area contributed by atoms with Crippen molar-refractivity contribution in [3.63, 3.8) is 0 Å². The second-order valence-electron chi connectivity index (χ2n) is 7.15. The van der Waals surface area contributed by atoms with Crippen LogP contribution in [0.15, 0.2) is 48.5 Å². The van der Waals surface area contributed by atoms with Crippen molar-refractivity contribution in [3.05, 3.63) is 59.1 Å². The minimum Gasteiger partial charge on any atom is -0.497 e. The monoisotopic (exact) mass is 389 g/mol. The zero-order chi connectivity index (χ0) is 19.2. The van der Waals surface area contributed by atoms with Gasteiger partial charge in [-0.3, -0.25) is 4.79 Å². The summed E-state index contributed by atoms with van der Waals surface area (Å²) in [6.45, 7) is 7.14. The summed E-state index contributed by atoms with van der Waals surface area (Å²) in [5, 5.41) is 3.61. The first-order chi connectivity index (χ1) is 13.0. The highest BCUT2D eigenvalue weighted by atomic mass is 35.5. The average Bonchev–Trinajstić information content (AvgIpc) is 2.68. The molecule has 27 heavy (non-hydrogen) atoms. The Kier molecular flexibility index (Phi) is 6.72. The third-order valence-corrected chi connectivity index (χ3v) is 5.55. The molecule has 1 amide bonds. The molecule has 2 aromatic carbocycles. The fraction of sp³-hybridized carbons (Fsp3) is 0.381. The minimum absolute atomic E-state index is 0.0471. The molecule has 6 heteroatoms. The third kappa shape index (κ3) is 5.45. The van der Waals surface area contributed by atoms with Gasteiger partial charge in [-0.1, -0.05) is 17.7 Å². The Balaban J connectivity index is 1.48. The Morgan fingerprint density at radius 3 is 2.48 bits per heavy atom. The summed E-state index contributed by atoms with van der Waals surface area (Å²) in [5.41, 5.74) is 2.07. The SMILES string of the molecule is COc1ccc(C[NH+]2CC[NH+]([C@@H](C)C(=O)Nc3cccc(Cl)c3)CC2)cc1. The smallest absolute Gasteiger partial charge is 0.282 e. The first-order valence-electron chi connectivity index (χ1n) is 9.42. The van der Waals surface area contributed by atoms with E-state index in [2.05, 4.69) is 17.4 Å². The van der Waals surface area contributed by atoms with Crippen LogP contribution in [0.3, 0.4) is 0 Å². The number of carbonyl (C=O) groups excluding carboxylic acids is 1. The van der Waals surface area contributed by atoms with E-state index < -0.39 is 0 Å². The number of nitrogens with one attached hydrogen (secondary N) is 3. The van der Waals surface area contributed by atoms with Gasteiger partial charge in [-0.05, 0) is 49.4 Å². The topological polar surface area (TPSA) is 47.2 Å². The van der Waals surface area contributed by atoms with Crippen LogP contribution in [-0.4, -0.2) is 45.2 Å². The van der Waals surface area contributed by atoms with Crippen molar-refractivity contribution in [2.45, 2.75) is 19.5 Å². The van der Waals surface area contributed by atoms with E-state index in [-0.39, 0.29) is 11.9 Å². The van der Waals surface area contributed by atoms with Crippen molar-refractivity contribution >= 4 is 23.2 Å². The second-order valence-corrected chi connectivity index (χ2v) is 7.59. The number of quaternary nitrogens is 2. The molecule has 3 N–H and O–H groups in total. The van der Waals surface area contributed by atoms with Gasteiger partial charge in [0.1, 0.15) is 38.5 Å². The molecule has 2 aromatic rings. The lowest BCUT2D eigenvalue weighted by molar-refractivity contribution is -1.02. The quantitative estimate of drug-likeness (QED) is 0.679.